The van der Waals surface area contributed by atoms with Crippen molar-refractivity contribution in [2.75, 3.05) is 24.6 Å². The Balaban J connectivity index is 4.18. The van der Waals surface area contributed by atoms with Crippen molar-refractivity contribution in [3.63, 3.8) is 0 Å². The molecule has 19 heavy (non-hydrogen) atoms. The average Bonchev–Trinajstić information content (AvgIpc) is 2.39. The van der Waals surface area contributed by atoms with Crippen molar-refractivity contribution >= 4 is 7.26 Å². The summed E-state index contributed by atoms with van der Waals surface area (Å²) in [5.41, 5.74) is 0. The van der Waals surface area contributed by atoms with E-state index in [4.69, 9.17) is 0 Å². The predicted octanol–water partition coefficient (Wildman–Crippen LogP) is 6.72. The summed E-state index contributed by atoms with van der Waals surface area (Å²) in [4.78, 5) is 0. The van der Waals surface area contributed by atoms with Crippen LogP contribution >= 0.6 is 7.26 Å². The average molecular weight is 288 g/mol. The third-order valence-electron chi connectivity index (χ3n) is 4.68. The standard InChI is InChI=1S/C18H41P/c1-5-9-11-12-14-18-19(15-7-3,16-8-4)17-13-10-6-2/h19H,5-18H2,1-4H3. The van der Waals surface area contributed by atoms with E-state index in [0.717, 1.165) is 0 Å². The van der Waals surface area contributed by atoms with Crippen LogP contribution in [0.1, 0.15) is 91.9 Å². The Kier molecular flexibility index (Phi) is 13.7. The van der Waals surface area contributed by atoms with E-state index in [1.807, 2.05) is 0 Å². The van der Waals surface area contributed by atoms with Crippen LogP contribution in [0.15, 0.2) is 0 Å². The first-order valence-electron chi connectivity index (χ1n) is 9.24. The minimum atomic E-state index is -0.893. The van der Waals surface area contributed by atoms with Crippen molar-refractivity contribution < 1.29 is 0 Å². The van der Waals surface area contributed by atoms with Crippen LogP contribution in [-0.2, 0) is 0 Å². The van der Waals surface area contributed by atoms with Crippen LogP contribution in [0.25, 0.3) is 0 Å². The van der Waals surface area contributed by atoms with Gasteiger partial charge >= 0.3 is 124 Å². The van der Waals surface area contributed by atoms with Gasteiger partial charge in [0.15, 0.2) is 0 Å². The zero-order chi connectivity index (χ0) is 14.4. The molecule has 0 nitrogen and oxygen atoms in total. The van der Waals surface area contributed by atoms with Gasteiger partial charge in [0.1, 0.15) is 0 Å². The van der Waals surface area contributed by atoms with Crippen LogP contribution in [0.4, 0.5) is 0 Å². The van der Waals surface area contributed by atoms with Gasteiger partial charge in [-0.05, 0) is 0 Å². The maximum absolute atomic E-state index is 2.41. The topological polar surface area (TPSA) is 0 Å². The second kappa shape index (κ2) is 13.4. The van der Waals surface area contributed by atoms with Gasteiger partial charge in [-0.15, -0.1) is 0 Å². The number of rotatable bonds is 14. The molecule has 0 N–H and O–H groups in total. The third kappa shape index (κ3) is 9.89. The van der Waals surface area contributed by atoms with Crippen LogP contribution < -0.4 is 0 Å². The molecule has 0 saturated carbocycles. The van der Waals surface area contributed by atoms with Crippen molar-refractivity contribution in [2.24, 2.45) is 0 Å². The molecule has 0 aromatic heterocycles. The molecule has 1 heteroatoms. The fraction of sp³-hybridized carbons (Fsp3) is 1.00. The van der Waals surface area contributed by atoms with Crippen molar-refractivity contribution in [3.05, 3.63) is 0 Å². The van der Waals surface area contributed by atoms with Crippen LogP contribution in [-0.4, -0.2) is 24.6 Å². The van der Waals surface area contributed by atoms with Crippen LogP contribution in [0.2, 0.25) is 0 Å². The molecule has 0 bridgehead atoms. The van der Waals surface area contributed by atoms with E-state index in [-0.39, 0.29) is 0 Å². The van der Waals surface area contributed by atoms with Gasteiger partial charge in [0.25, 0.3) is 0 Å². The summed E-state index contributed by atoms with van der Waals surface area (Å²) in [5.74, 6) is 0. The fourth-order valence-electron chi connectivity index (χ4n) is 3.66. The Labute approximate surface area is 124 Å². The Morgan fingerprint density at radius 1 is 0.421 bits per heavy atom. The van der Waals surface area contributed by atoms with Crippen LogP contribution in [0.3, 0.4) is 0 Å². The molecule has 0 spiro atoms. The number of hydrogen-bond acceptors (Lipinski definition) is 0. The van der Waals surface area contributed by atoms with Gasteiger partial charge in [-0.25, -0.2) is 0 Å². The fourth-order valence-corrected chi connectivity index (χ4v) is 9.29. The molecule has 0 heterocycles. The quantitative estimate of drug-likeness (QED) is 0.246. The second-order valence-electron chi connectivity index (χ2n) is 6.62. The van der Waals surface area contributed by atoms with Crippen molar-refractivity contribution in [2.45, 2.75) is 91.9 Å². The number of unbranched alkanes of at least 4 members (excludes halogenated alkanes) is 6. The zero-order valence-corrected chi connectivity index (χ0v) is 15.4. The SMILES string of the molecule is CCCCCCC[PH](CCC)(CCC)CCCCC. The first-order valence-corrected chi connectivity index (χ1v) is 12.1. The van der Waals surface area contributed by atoms with Crippen molar-refractivity contribution in [3.8, 4) is 0 Å². The van der Waals surface area contributed by atoms with Crippen LogP contribution in [0.5, 0.6) is 0 Å². The molecule has 0 unspecified atom stereocenters. The molecule has 0 aliphatic rings. The zero-order valence-electron chi connectivity index (χ0n) is 14.4. The molecule has 0 radical (unpaired) electrons. The Morgan fingerprint density at radius 3 is 1.32 bits per heavy atom. The Bertz CT molecular complexity index is 171. The summed E-state index contributed by atoms with van der Waals surface area (Å²) in [7, 11) is -0.893. The van der Waals surface area contributed by atoms with Crippen LogP contribution in [0, 0.1) is 0 Å². The summed E-state index contributed by atoms with van der Waals surface area (Å²) < 4.78 is 0. The summed E-state index contributed by atoms with van der Waals surface area (Å²) in [6.07, 6.45) is 21.1. The van der Waals surface area contributed by atoms with Gasteiger partial charge in [0.05, 0.1) is 0 Å². The van der Waals surface area contributed by atoms with Gasteiger partial charge in [-0.1, -0.05) is 0 Å². The molecule has 0 amide bonds. The molecule has 0 fully saturated rings. The van der Waals surface area contributed by atoms with Gasteiger partial charge < -0.3 is 0 Å². The van der Waals surface area contributed by atoms with Gasteiger partial charge in [0, 0.05) is 0 Å². The van der Waals surface area contributed by atoms with E-state index in [2.05, 4.69) is 27.7 Å². The summed E-state index contributed by atoms with van der Waals surface area (Å²) in [6, 6.07) is 0. The van der Waals surface area contributed by atoms with Gasteiger partial charge in [-0.2, -0.15) is 0 Å². The third-order valence-corrected chi connectivity index (χ3v) is 10.6. The molecular formula is C18H41P. The Hall–Kier alpha value is 0.430. The summed E-state index contributed by atoms with van der Waals surface area (Å²) >= 11 is 0. The van der Waals surface area contributed by atoms with E-state index in [9.17, 15) is 0 Å². The van der Waals surface area contributed by atoms with E-state index in [0.29, 0.717) is 0 Å². The molecular weight excluding hydrogens is 247 g/mol. The predicted molar refractivity (Wildman–Crippen MR) is 96.6 cm³/mol. The van der Waals surface area contributed by atoms with Crippen molar-refractivity contribution in [1.82, 2.24) is 0 Å². The van der Waals surface area contributed by atoms with E-state index in [1.54, 1.807) is 31.1 Å². The molecule has 0 rings (SSSR count). The molecule has 118 valence electrons. The molecule has 0 aliphatic carbocycles. The second-order valence-corrected chi connectivity index (χ2v) is 11.6. The summed E-state index contributed by atoms with van der Waals surface area (Å²) in [5, 5.41) is 0. The first kappa shape index (κ1) is 19.4. The minimum absolute atomic E-state index is 0.893. The molecule has 0 atom stereocenters. The maximum atomic E-state index is 2.41. The molecule has 0 aromatic rings. The first-order chi connectivity index (χ1) is 9.24. The van der Waals surface area contributed by atoms with E-state index < -0.39 is 7.26 Å². The molecule has 0 aromatic carbocycles. The van der Waals surface area contributed by atoms with Gasteiger partial charge in [0.2, 0.25) is 0 Å². The molecule has 0 saturated heterocycles. The monoisotopic (exact) mass is 288 g/mol. The van der Waals surface area contributed by atoms with E-state index >= 15 is 0 Å². The Morgan fingerprint density at radius 2 is 0.842 bits per heavy atom. The summed E-state index contributed by atoms with van der Waals surface area (Å²) in [6.45, 7) is 9.48. The van der Waals surface area contributed by atoms with E-state index in [1.165, 1.54) is 57.8 Å². The van der Waals surface area contributed by atoms with Gasteiger partial charge in [-0.3, -0.25) is 0 Å². The normalized spacial score (nSPS) is 12.8. The van der Waals surface area contributed by atoms with Crippen molar-refractivity contribution in [1.29, 1.82) is 0 Å². The number of hydrogen-bond donors (Lipinski definition) is 0. The molecule has 0 aliphatic heterocycles.